The fourth-order valence-corrected chi connectivity index (χ4v) is 2.91. The summed E-state index contributed by atoms with van der Waals surface area (Å²) >= 11 is 0. The molecule has 3 N–H and O–H groups in total. The maximum Gasteiger partial charge on any atom is 0.220 e. The number of nitrogens with one attached hydrogen (secondary N) is 1. The van der Waals surface area contributed by atoms with Crippen LogP contribution in [0.1, 0.15) is 71.6 Å². The van der Waals surface area contributed by atoms with Crippen LogP contribution >= 0.6 is 0 Å². The lowest BCUT2D eigenvalue weighted by Crippen LogP contribution is -2.34. The molecule has 0 heterocycles. The van der Waals surface area contributed by atoms with E-state index < -0.39 is 0 Å². The van der Waals surface area contributed by atoms with Gasteiger partial charge in [0.05, 0.1) is 0 Å². The zero-order valence-corrected chi connectivity index (χ0v) is 12.8. The van der Waals surface area contributed by atoms with E-state index in [1.165, 1.54) is 32.1 Å². The molecule has 0 unspecified atom stereocenters. The second kappa shape index (κ2) is 8.57. The Morgan fingerprint density at radius 3 is 2.58 bits per heavy atom. The van der Waals surface area contributed by atoms with Crippen molar-refractivity contribution in [2.45, 2.75) is 71.6 Å². The van der Waals surface area contributed by atoms with Crippen LogP contribution in [0.2, 0.25) is 0 Å². The molecule has 0 spiro atoms. The molecule has 0 atom stereocenters. The molecule has 1 fully saturated rings. The Labute approximate surface area is 118 Å². The molecule has 19 heavy (non-hydrogen) atoms. The third-order valence-electron chi connectivity index (χ3n) is 4.33. The predicted molar refractivity (Wildman–Crippen MR) is 80.9 cm³/mol. The maximum absolute atomic E-state index is 11.9. The van der Waals surface area contributed by atoms with Crippen molar-refractivity contribution in [3.05, 3.63) is 0 Å². The first kappa shape index (κ1) is 16.5. The van der Waals surface area contributed by atoms with E-state index in [0.717, 1.165) is 38.3 Å². The van der Waals surface area contributed by atoms with E-state index in [9.17, 15) is 4.79 Å². The Morgan fingerprint density at radius 2 is 1.95 bits per heavy atom. The monoisotopic (exact) mass is 268 g/mol. The van der Waals surface area contributed by atoms with Crippen LogP contribution in [0.3, 0.4) is 0 Å². The predicted octanol–water partition coefficient (Wildman–Crippen LogP) is 3.23. The van der Waals surface area contributed by atoms with Crippen molar-refractivity contribution < 1.29 is 4.79 Å². The van der Waals surface area contributed by atoms with Crippen molar-refractivity contribution in [1.29, 1.82) is 0 Å². The Balaban J connectivity index is 2.12. The molecule has 0 saturated heterocycles. The minimum atomic E-state index is 0.167. The van der Waals surface area contributed by atoms with E-state index in [4.69, 9.17) is 5.73 Å². The third kappa shape index (κ3) is 7.56. The molecule has 3 heteroatoms. The van der Waals surface area contributed by atoms with Gasteiger partial charge in [-0.1, -0.05) is 46.0 Å². The minimum Gasteiger partial charge on any atom is -0.356 e. The molecule has 1 saturated carbocycles. The lowest BCUT2D eigenvalue weighted by Gasteiger charge is -2.25. The summed E-state index contributed by atoms with van der Waals surface area (Å²) in [6.45, 7) is 5.91. The van der Waals surface area contributed by atoms with Crippen molar-refractivity contribution in [3.63, 3.8) is 0 Å². The summed E-state index contributed by atoms with van der Waals surface area (Å²) in [5, 5.41) is 3.09. The lowest BCUT2D eigenvalue weighted by molar-refractivity contribution is -0.121. The van der Waals surface area contributed by atoms with Gasteiger partial charge in [0.15, 0.2) is 0 Å². The number of carbonyl (C=O) groups is 1. The number of amides is 1. The van der Waals surface area contributed by atoms with Gasteiger partial charge in [-0.2, -0.15) is 0 Å². The topological polar surface area (TPSA) is 55.1 Å². The third-order valence-corrected chi connectivity index (χ3v) is 4.33. The van der Waals surface area contributed by atoms with E-state index >= 15 is 0 Å². The second-order valence-electron chi connectivity index (χ2n) is 6.88. The highest BCUT2D eigenvalue weighted by Crippen LogP contribution is 2.27. The van der Waals surface area contributed by atoms with E-state index in [1.807, 2.05) is 0 Å². The number of hydrogen-bond donors (Lipinski definition) is 2. The van der Waals surface area contributed by atoms with E-state index in [-0.39, 0.29) is 11.3 Å². The highest BCUT2D eigenvalue weighted by Gasteiger charge is 2.19. The first-order valence-corrected chi connectivity index (χ1v) is 8.00. The molecule has 0 aliphatic heterocycles. The van der Waals surface area contributed by atoms with Crippen LogP contribution < -0.4 is 11.1 Å². The molecule has 1 aliphatic rings. The Morgan fingerprint density at radius 1 is 1.26 bits per heavy atom. The first-order chi connectivity index (χ1) is 9.03. The number of nitrogens with two attached hydrogens (primary N) is 1. The van der Waals surface area contributed by atoms with Gasteiger partial charge in [-0.25, -0.2) is 0 Å². The number of carbonyl (C=O) groups excluding carboxylic acids is 1. The van der Waals surface area contributed by atoms with Gasteiger partial charge in [0.1, 0.15) is 0 Å². The molecular weight excluding hydrogens is 236 g/mol. The molecule has 1 rings (SSSR count). The summed E-state index contributed by atoms with van der Waals surface area (Å²) in [6, 6.07) is 0. The van der Waals surface area contributed by atoms with Crippen LogP contribution in [0.25, 0.3) is 0 Å². The van der Waals surface area contributed by atoms with Gasteiger partial charge in [0.25, 0.3) is 0 Å². The average Bonchev–Trinajstić information content (AvgIpc) is 2.42. The molecule has 1 amide bonds. The molecule has 3 nitrogen and oxygen atoms in total. The summed E-state index contributed by atoms with van der Waals surface area (Å²) < 4.78 is 0. The Kier molecular flexibility index (Phi) is 7.44. The summed E-state index contributed by atoms with van der Waals surface area (Å²) in [7, 11) is 0. The van der Waals surface area contributed by atoms with Gasteiger partial charge >= 0.3 is 0 Å². The first-order valence-electron chi connectivity index (χ1n) is 8.00. The van der Waals surface area contributed by atoms with Crippen LogP contribution in [0.4, 0.5) is 0 Å². The van der Waals surface area contributed by atoms with Crippen molar-refractivity contribution in [2.24, 2.45) is 17.1 Å². The second-order valence-corrected chi connectivity index (χ2v) is 6.88. The van der Waals surface area contributed by atoms with Crippen LogP contribution in [0, 0.1) is 11.3 Å². The van der Waals surface area contributed by atoms with Gasteiger partial charge in [-0.3, -0.25) is 4.79 Å². The standard InChI is InChI=1S/C16H32N2O/c1-16(2,11-6-12-17)13-18-15(19)10-9-14-7-4-3-5-8-14/h14H,3-13,17H2,1-2H3,(H,18,19). The SMILES string of the molecule is CC(C)(CCCN)CNC(=O)CCC1CCCCC1. The van der Waals surface area contributed by atoms with Crippen molar-refractivity contribution in [3.8, 4) is 0 Å². The summed E-state index contributed by atoms with van der Waals surface area (Å²) in [6.07, 6.45) is 10.7. The zero-order valence-electron chi connectivity index (χ0n) is 12.8. The molecule has 112 valence electrons. The van der Waals surface area contributed by atoms with Crippen LogP contribution in [0.5, 0.6) is 0 Å². The average molecular weight is 268 g/mol. The largest absolute Gasteiger partial charge is 0.356 e. The van der Waals surface area contributed by atoms with Gasteiger partial charge in [0, 0.05) is 13.0 Å². The van der Waals surface area contributed by atoms with Gasteiger partial charge < -0.3 is 11.1 Å². The molecule has 0 aromatic carbocycles. The van der Waals surface area contributed by atoms with Crippen molar-refractivity contribution in [1.82, 2.24) is 5.32 Å². The van der Waals surface area contributed by atoms with Gasteiger partial charge in [-0.05, 0) is 37.1 Å². The van der Waals surface area contributed by atoms with E-state index in [0.29, 0.717) is 6.42 Å². The van der Waals surface area contributed by atoms with Crippen LogP contribution in [0.15, 0.2) is 0 Å². The maximum atomic E-state index is 11.9. The van der Waals surface area contributed by atoms with Crippen LogP contribution in [-0.2, 0) is 4.79 Å². The number of hydrogen-bond acceptors (Lipinski definition) is 2. The molecule has 0 radical (unpaired) electrons. The quantitative estimate of drug-likeness (QED) is 0.710. The van der Waals surface area contributed by atoms with E-state index in [1.54, 1.807) is 0 Å². The lowest BCUT2D eigenvalue weighted by atomic mass is 9.86. The molecule has 1 aliphatic carbocycles. The van der Waals surface area contributed by atoms with Crippen LogP contribution in [-0.4, -0.2) is 19.0 Å². The highest BCUT2D eigenvalue weighted by atomic mass is 16.1. The van der Waals surface area contributed by atoms with Crippen molar-refractivity contribution in [2.75, 3.05) is 13.1 Å². The summed E-state index contributed by atoms with van der Waals surface area (Å²) in [5.74, 6) is 1.02. The normalized spacial score (nSPS) is 17.4. The van der Waals surface area contributed by atoms with Crippen molar-refractivity contribution >= 4 is 5.91 Å². The molecular formula is C16H32N2O. The molecule has 0 aromatic heterocycles. The fraction of sp³-hybridized carbons (Fsp3) is 0.938. The molecule has 0 aromatic rings. The van der Waals surface area contributed by atoms with E-state index in [2.05, 4.69) is 19.2 Å². The summed E-state index contributed by atoms with van der Waals surface area (Å²) in [5.41, 5.74) is 5.70. The van der Waals surface area contributed by atoms with Gasteiger partial charge in [-0.15, -0.1) is 0 Å². The fourth-order valence-electron chi connectivity index (χ4n) is 2.91. The Bertz CT molecular complexity index is 257. The Hall–Kier alpha value is -0.570. The summed E-state index contributed by atoms with van der Waals surface area (Å²) in [4.78, 5) is 11.9. The smallest absolute Gasteiger partial charge is 0.220 e. The molecule has 0 bridgehead atoms. The minimum absolute atomic E-state index is 0.167. The highest BCUT2D eigenvalue weighted by molar-refractivity contribution is 5.75. The zero-order chi connectivity index (χ0) is 14.1. The van der Waals surface area contributed by atoms with Gasteiger partial charge in [0.2, 0.25) is 5.91 Å². The number of rotatable bonds is 8.